The van der Waals surface area contributed by atoms with E-state index in [0.717, 1.165) is 11.1 Å². The Bertz CT molecular complexity index is 1230. The van der Waals surface area contributed by atoms with E-state index < -0.39 is 23.5 Å². The van der Waals surface area contributed by atoms with Crippen molar-refractivity contribution in [2.24, 2.45) is 5.10 Å². The predicted octanol–water partition coefficient (Wildman–Crippen LogP) is 3.55. The molecule has 3 aromatic carbocycles. The number of aryl methyl sites for hydroxylation is 1. The van der Waals surface area contributed by atoms with Crippen LogP contribution < -0.4 is 20.8 Å². The summed E-state index contributed by atoms with van der Waals surface area (Å²) in [6, 6.07) is 17.4. The minimum Gasteiger partial charge on any atom is -0.484 e. The molecule has 174 valence electrons. The molecule has 0 bridgehead atoms. The van der Waals surface area contributed by atoms with Crippen LogP contribution in [0.4, 0.5) is 15.8 Å². The lowest BCUT2D eigenvalue weighted by Gasteiger charge is -2.09. The van der Waals surface area contributed by atoms with Gasteiger partial charge < -0.3 is 15.4 Å². The lowest BCUT2D eigenvalue weighted by Crippen LogP contribution is -2.32. The molecular formula is C25H23FN4O4. The number of carbonyl (C=O) groups is 3. The highest BCUT2D eigenvalue weighted by molar-refractivity contribution is 6.39. The number of rotatable bonds is 7. The maximum atomic E-state index is 12.9. The number of halogens is 1. The fourth-order valence-electron chi connectivity index (χ4n) is 2.85. The van der Waals surface area contributed by atoms with Gasteiger partial charge in [-0.05, 0) is 73.0 Å². The maximum Gasteiger partial charge on any atom is 0.329 e. The van der Waals surface area contributed by atoms with Crippen molar-refractivity contribution in [3.05, 3.63) is 89.2 Å². The Labute approximate surface area is 195 Å². The third kappa shape index (κ3) is 6.99. The molecule has 0 atom stereocenters. The molecule has 0 radical (unpaired) electrons. The third-order valence-electron chi connectivity index (χ3n) is 4.79. The first-order chi connectivity index (χ1) is 16.3. The standard InChI is InChI=1S/C25H23FN4O4/c1-16-5-3-8-22(17(16)2)29-24(32)25(33)30-27-14-18-6-4-7-21(13-18)34-15-23(31)28-20-11-9-19(26)10-12-20/h3-14H,15H2,1-2H3,(H,28,31)(H,29,32)(H,30,33)/b27-14-. The number of benzene rings is 3. The number of hydrogen-bond donors (Lipinski definition) is 3. The number of hydrazone groups is 1. The second kappa shape index (κ2) is 11.4. The Morgan fingerprint density at radius 2 is 1.68 bits per heavy atom. The van der Waals surface area contributed by atoms with Crippen LogP contribution in [-0.2, 0) is 14.4 Å². The van der Waals surface area contributed by atoms with Crippen molar-refractivity contribution in [2.45, 2.75) is 13.8 Å². The number of ether oxygens (including phenoxy) is 1. The van der Waals surface area contributed by atoms with E-state index in [4.69, 9.17) is 4.74 Å². The van der Waals surface area contributed by atoms with Gasteiger partial charge in [0.2, 0.25) is 0 Å². The van der Waals surface area contributed by atoms with Crippen molar-refractivity contribution in [1.82, 2.24) is 5.43 Å². The fraction of sp³-hybridized carbons (Fsp3) is 0.120. The van der Waals surface area contributed by atoms with E-state index in [1.807, 2.05) is 19.9 Å². The van der Waals surface area contributed by atoms with Crippen LogP contribution in [0, 0.1) is 19.7 Å². The van der Waals surface area contributed by atoms with Crippen molar-refractivity contribution in [3.8, 4) is 5.75 Å². The van der Waals surface area contributed by atoms with E-state index in [9.17, 15) is 18.8 Å². The molecule has 0 fully saturated rings. The fourth-order valence-corrected chi connectivity index (χ4v) is 2.85. The van der Waals surface area contributed by atoms with Gasteiger partial charge in [-0.3, -0.25) is 14.4 Å². The summed E-state index contributed by atoms with van der Waals surface area (Å²) in [5.74, 6) is -2.16. The van der Waals surface area contributed by atoms with Crippen LogP contribution in [0.2, 0.25) is 0 Å². The zero-order valence-corrected chi connectivity index (χ0v) is 18.6. The van der Waals surface area contributed by atoms with E-state index in [0.29, 0.717) is 22.7 Å². The molecule has 9 heteroatoms. The Kier molecular flexibility index (Phi) is 8.07. The van der Waals surface area contributed by atoms with Gasteiger partial charge in [0.25, 0.3) is 5.91 Å². The van der Waals surface area contributed by atoms with Gasteiger partial charge in [0, 0.05) is 11.4 Å². The first kappa shape index (κ1) is 24.1. The summed E-state index contributed by atoms with van der Waals surface area (Å²) in [4.78, 5) is 36.1. The Morgan fingerprint density at radius 3 is 2.44 bits per heavy atom. The minimum absolute atomic E-state index is 0.257. The van der Waals surface area contributed by atoms with Gasteiger partial charge in [0.1, 0.15) is 11.6 Å². The lowest BCUT2D eigenvalue weighted by molar-refractivity contribution is -0.136. The van der Waals surface area contributed by atoms with E-state index in [-0.39, 0.29) is 6.61 Å². The van der Waals surface area contributed by atoms with E-state index >= 15 is 0 Å². The largest absolute Gasteiger partial charge is 0.484 e. The van der Waals surface area contributed by atoms with Gasteiger partial charge in [-0.15, -0.1) is 0 Å². The zero-order valence-electron chi connectivity index (χ0n) is 18.6. The van der Waals surface area contributed by atoms with Crippen molar-refractivity contribution < 1.29 is 23.5 Å². The topological polar surface area (TPSA) is 109 Å². The molecule has 0 spiro atoms. The smallest absolute Gasteiger partial charge is 0.329 e. The average molecular weight is 462 g/mol. The molecule has 3 N–H and O–H groups in total. The van der Waals surface area contributed by atoms with Gasteiger partial charge in [0.05, 0.1) is 6.21 Å². The summed E-state index contributed by atoms with van der Waals surface area (Å²) in [6.07, 6.45) is 1.34. The normalized spacial score (nSPS) is 10.6. The number of amides is 3. The molecule has 3 aromatic rings. The molecule has 0 aliphatic rings. The second-order valence-corrected chi connectivity index (χ2v) is 7.32. The Morgan fingerprint density at radius 1 is 0.941 bits per heavy atom. The van der Waals surface area contributed by atoms with Gasteiger partial charge in [-0.25, -0.2) is 9.82 Å². The average Bonchev–Trinajstić information content (AvgIpc) is 2.82. The van der Waals surface area contributed by atoms with E-state index in [2.05, 4.69) is 21.2 Å². The van der Waals surface area contributed by atoms with Crippen molar-refractivity contribution in [3.63, 3.8) is 0 Å². The summed E-state index contributed by atoms with van der Waals surface area (Å²) < 4.78 is 18.4. The zero-order chi connectivity index (χ0) is 24.5. The maximum absolute atomic E-state index is 12.9. The lowest BCUT2D eigenvalue weighted by atomic mass is 10.1. The van der Waals surface area contributed by atoms with Gasteiger partial charge in [0.15, 0.2) is 6.61 Å². The molecule has 0 aromatic heterocycles. The van der Waals surface area contributed by atoms with E-state index in [1.165, 1.54) is 30.5 Å². The first-order valence-electron chi connectivity index (χ1n) is 10.3. The van der Waals surface area contributed by atoms with E-state index in [1.54, 1.807) is 36.4 Å². The molecule has 3 rings (SSSR count). The Hall–Kier alpha value is -4.53. The molecule has 0 aliphatic heterocycles. The van der Waals surface area contributed by atoms with Gasteiger partial charge in [-0.1, -0.05) is 24.3 Å². The predicted molar refractivity (Wildman–Crippen MR) is 127 cm³/mol. The van der Waals surface area contributed by atoms with Crippen LogP contribution in [0.15, 0.2) is 71.8 Å². The van der Waals surface area contributed by atoms with Crippen molar-refractivity contribution in [1.29, 1.82) is 0 Å². The second-order valence-electron chi connectivity index (χ2n) is 7.32. The van der Waals surface area contributed by atoms with Crippen LogP contribution in [-0.4, -0.2) is 30.5 Å². The highest BCUT2D eigenvalue weighted by Gasteiger charge is 2.14. The molecule has 0 aliphatic carbocycles. The number of hydrogen-bond acceptors (Lipinski definition) is 5. The van der Waals surface area contributed by atoms with Crippen LogP contribution >= 0.6 is 0 Å². The highest BCUT2D eigenvalue weighted by atomic mass is 19.1. The van der Waals surface area contributed by atoms with Gasteiger partial charge >= 0.3 is 11.8 Å². The molecule has 0 heterocycles. The summed E-state index contributed by atoms with van der Waals surface area (Å²) in [7, 11) is 0. The summed E-state index contributed by atoms with van der Waals surface area (Å²) in [5, 5.41) is 8.94. The summed E-state index contributed by atoms with van der Waals surface area (Å²) >= 11 is 0. The molecule has 3 amide bonds. The Balaban J connectivity index is 1.49. The van der Waals surface area contributed by atoms with Crippen LogP contribution in [0.25, 0.3) is 0 Å². The van der Waals surface area contributed by atoms with Crippen LogP contribution in [0.1, 0.15) is 16.7 Å². The minimum atomic E-state index is -0.915. The first-order valence-corrected chi connectivity index (χ1v) is 10.3. The van der Waals surface area contributed by atoms with Crippen molar-refractivity contribution in [2.75, 3.05) is 17.2 Å². The SMILES string of the molecule is Cc1cccc(NC(=O)C(=O)N/N=C\c2cccc(OCC(=O)Nc3ccc(F)cc3)c2)c1C. The number of anilines is 2. The number of carbonyl (C=O) groups excluding carboxylic acids is 3. The highest BCUT2D eigenvalue weighted by Crippen LogP contribution is 2.17. The molecular weight excluding hydrogens is 439 g/mol. The molecule has 0 saturated carbocycles. The van der Waals surface area contributed by atoms with Crippen LogP contribution in [0.5, 0.6) is 5.75 Å². The van der Waals surface area contributed by atoms with Crippen LogP contribution in [0.3, 0.4) is 0 Å². The molecule has 8 nitrogen and oxygen atoms in total. The quantitative estimate of drug-likeness (QED) is 0.283. The molecule has 0 saturated heterocycles. The molecule has 34 heavy (non-hydrogen) atoms. The van der Waals surface area contributed by atoms with Gasteiger partial charge in [-0.2, -0.15) is 5.10 Å². The number of nitrogens with zero attached hydrogens (tertiary/aromatic N) is 1. The van der Waals surface area contributed by atoms with Crippen molar-refractivity contribution >= 4 is 35.3 Å². The summed E-state index contributed by atoms with van der Waals surface area (Å²) in [6.45, 7) is 3.50. The summed E-state index contributed by atoms with van der Waals surface area (Å²) in [5.41, 5.74) is 5.62. The monoisotopic (exact) mass is 462 g/mol. The molecule has 0 unspecified atom stereocenters. The number of nitrogens with one attached hydrogen (secondary N) is 3. The third-order valence-corrected chi connectivity index (χ3v) is 4.79.